The lowest BCUT2D eigenvalue weighted by atomic mass is 9.83. The van der Waals surface area contributed by atoms with Gasteiger partial charge < -0.3 is 10.6 Å². The van der Waals surface area contributed by atoms with Crippen LogP contribution in [0.1, 0.15) is 32.8 Å². The largest absolute Gasteiger partial charge is 0.354 e. The van der Waals surface area contributed by atoms with Crippen LogP contribution in [0, 0.1) is 10.1 Å². The van der Waals surface area contributed by atoms with Gasteiger partial charge in [-0.2, -0.15) is 0 Å². The first kappa shape index (κ1) is 17.1. The standard InChI is InChI=1S/C15H23N3O3/c1-4-9-16-10-11-17-14(19)15(2,3)12-5-7-13(8-6-12)18(20)21/h5-8,16H,4,9-11H2,1-3H3,(H,17,19). The maximum Gasteiger partial charge on any atom is 0.269 e. The number of carbonyl (C=O) groups is 1. The van der Waals surface area contributed by atoms with Crippen LogP contribution in [-0.2, 0) is 10.2 Å². The number of nitrogens with one attached hydrogen (secondary N) is 2. The molecule has 0 saturated heterocycles. The molecule has 2 N–H and O–H groups in total. The van der Waals surface area contributed by atoms with Crippen LogP contribution in [0.15, 0.2) is 24.3 Å². The Morgan fingerprint density at radius 1 is 1.19 bits per heavy atom. The van der Waals surface area contributed by atoms with Crippen LogP contribution >= 0.6 is 0 Å². The van der Waals surface area contributed by atoms with Crippen molar-refractivity contribution in [1.29, 1.82) is 0 Å². The van der Waals surface area contributed by atoms with E-state index in [-0.39, 0.29) is 11.6 Å². The molecule has 0 aromatic heterocycles. The highest BCUT2D eigenvalue weighted by molar-refractivity contribution is 5.87. The van der Waals surface area contributed by atoms with Crippen molar-refractivity contribution >= 4 is 11.6 Å². The second-order valence-corrected chi connectivity index (χ2v) is 5.43. The van der Waals surface area contributed by atoms with Gasteiger partial charge in [0.05, 0.1) is 10.3 Å². The number of nitrogens with zero attached hydrogens (tertiary/aromatic N) is 1. The predicted molar refractivity (Wildman–Crippen MR) is 82.3 cm³/mol. The van der Waals surface area contributed by atoms with Gasteiger partial charge in [-0.25, -0.2) is 0 Å². The summed E-state index contributed by atoms with van der Waals surface area (Å²) in [6, 6.07) is 6.11. The molecule has 21 heavy (non-hydrogen) atoms. The van der Waals surface area contributed by atoms with Crippen LogP contribution < -0.4 is 10.6 Å². The Bertz CT molecular complexity index is 483. The van der Waals surface area contributed by atoms with E-state index in [4.69, 9.17) is 0 Å². The molecule has 1 aromatic carbocycles. The number of nitro groups is 1. The van der Waals surface area contributed by atoms with Crippen LogP contribution in [0.3, 0.4) is 0 Å². The third kappa shape index (κ3) is 4.82. The minimum absolute atomic E-state index is 0.0266. The Hall–Kier alpha value is -1.95. The lowest BCUT2D eigenvalue weighted by Gasteiger charge is -2.24. The van der Waals surface area contributed by atoms with Gasteiger partial charge >= 0.3 is 0 Å². The minimum atomic E-state index is -0.722. The fourth-order valence-corrected chi connectivity index (χ4v) is 1.92. The Morgan fingerprint density at radius 2 is 1.81 bits per heavy atom. The highest BCUT2D eigenvalue weighted by Gasteiger charge is 2.29. The number of nitro benzene ring substituents is 1. The molecule has 0 aliphatic heterocycles. The number of hydrogen-bond donors (Lipinski definition) is 2. The molecule has 0 radical (unpaired) electrons. The summed E-state index contributed by atoms with van der Waals surface area (Å²) in [7, 11) is 0. The molecule has 0 atom stereocenters. The summed E-state index contributed by atoms with van der Waals surface area (Å²) in [5.41, 5.74) is 0.0608. The van der Waals surface area contributed by atoms with Gasteiger partial charge in [0.25, 0.3) is 5.69 Å². The van der Waals surface area contributed by atoms with Gasteiger partial charge in [-0.3, -0.25) is 14.9 Å². The molecule has 6 nitrogen and oxygen atoms in total. The van der Waals surface area contributed by atoms with Gasteiger partial charge in [-0.1, -0.05) is 19.1 Å². The quantitative estimate of drug-likeness (QED) is 0.436. The van der Waals surface area contributed by atoms with Crippen molar-refractivity contribution in [3.05, 3.63) is 39.9 Å². The van der Waals surface area contributed by atoms with Crippen molar-refractivity contribution in [2.24, 2.45) is 0 Å². The summed E-state index contributed by atoms with van der Waals surface area (Å²) < 4.78 is 0. The fourth-order valence-electron chi connectivity index (χ4n) is 1.92. The summed E-state index contributed by atoms with van der Waals surface area (Å²) in [5.74, 6) is -0.0883. The molecule has 0 aliphatic rings. The molecular formula is C15H23N3O3. The predicted octanol–water partition coefficient (Wildman–Crippen LogP) is 1.99. The maximum absolute atomic E-state index is 12.2. The molecule has 6 heteroatoms. The molecule has 0 saturated carbocycles. The first-order valence-electron chi connectivity index (χ1n) is 7.13. The first-order chi connectivity index (χ1) is 9.89. The average Bonchev–Trinajstić information content (AvgIpc) is 2.46. The van der Waals surface area contributed by atoms with Crippen LogP contribution in [-0.4, -0.2) is 30.5 Å². The molecule has 0 heterocycles. The zero-order valence-electron chi connectivity index (χ0n) is 12.8. The molecule has 116 valence electrons. The van der Waals surface area contributed by atoms with Gasteiger partial charge in [0.15, 0.2) is 0 Å². The van der Waals surface area contributed by atoms with E-state index in [0.717, 1.165) is 25.1 Å². The Balaban J connectivity index is 2.62. The summed E-state index contributed by atoms with van der Waals surface area (Å²) in [6.07, 6.45) is 1.06. The third-order valence-corrected chi connectivity index (χ3v) is 3.38. The molecule has 0 unspecified atom stereocenters. The number of hydrogen-bond acceptors (Lipinski definition) is 4. The van der Waals surface area contributed by atoms with E-state index in [1.165, 1.54) is 12.1 Å². The summed E-state index contributed by atoms with van der Waals surface area (Å²) >= 11 is 0. The SMILES string of the molecule is CCCNCCNC(=O)C(C)(C)c1ccc([N+](=O)[O-])cc1. The molecule has 1 amide bonds. The van der Waals surface area contributed by atoms with Crippen molar-refractivity contribution < 1.29 is 9.72 Å². The maximum atomic E-state index is 12.2. The molecule has 1 aromatic rings. The Kier molecular flexibility index (Phi) is 6.30. The fraction of sp³-hybridized carbons (Fsp3) is 0.533. The van der Waals surface area contributed by atoms with E-state index in [1.807, 2.05) is 13.8 Å². The molecule has 0 bridgehead atoms. The number of rotatable bonds is 8. The van der Waals surface area contributed by atoms with Crippen molar-refractivity contribution in [1.82, 2.24) is 10.6 Å². The smallest absolute Gasteiger partial charge is 0.269 e. The minimum Gasteiger partial charge on any atom is -0.354 e. The van der Waals surface area contributed by atoms with E-state index in [1.54, 1.807) is 12.1 Å². The molecular weight excluding hydrogens is 270 g/mol. The molecule has 0 fully saturated rings. The topological polar surface area (TPSA) is 84.3 Å². The van der Waals surface area contributed by atoms with Gasteiger partial charge in [0, 0.05) is 25.2 Å². The summed E-state index contributed by atoms with van der Waals surface area (Å²) in [4.78, 5) is 22.4. The summed E-state index contributed by atoms with van der Waals surface area (Å²) in [6.45, 7) is 7.93. The lowest BCUT2D eigenvalue weighted by molar-refractivity contribution is -0.384. The highest BCUT2D eigenvalue weighted by Crippen LogP contribution is 2.25. The zero-order chi connectivity index (χ0) is 15.9. The summed E-state index contributed by atoms with van der Waals surface area (Å²) in [5, 5.41) is 16.7. The van der Waals surface area contributed by atoms with Gasteiger partial charge in [0.2, 0.25) is 5.91 Å². The zero-order valence-corrected chi connectivity index (χ0v) is 12.8. The van der Waals surface area contributed by atoms with E-state index in [0.29, 0.717) is 6.54 Å². The lowest BCUT2D eigenvalue weighted by Crippen LogP contribution is -2.42. The normalized spacial score (nSPS) is 11.2. The number of carbonyl (C=O) groups excluding carboxylic acids is 1. The molecule has 0 aliphatic carbocycles. The first-order valence-corrected chi connectivity index (χ1v) is 7.13. The van der Waals surface area contributed by atoms with Crippen molar-refractivity contribution in [2.45, 2.75) is 32.6 Å². The van der Waals surface area contributed by atoms with E-state index in [2.05, 4.69) is 17.6 Å². The number of amides is 1. The number of non-ortho nitro benzene ring substituents is 1. The second-order valence-electron chi connectivity index (χ2n) is 5.43. The van der Waals surface area contributed by atoms with Crippen LogP contribution in [0.2, 0.25) is 0 Å². The van der Waals surface area contributed by atoms with Crippen molar-refractivity contribution in [2.75, 3.05) is 19.6 Å². The Morgan fingerprint density at radius 3 is 2.33 bits per heavy atom. The molecule has 1 rings (SSSR count). The average molecular weight is 293 g/mol. The van der Waals surface area contributed by atoms with E-state index in [9.17, 15) is 14.9 Å². The van der Waals surface area contributed by atoms with Crippen molar-refractivity contribution in [3.8, 4) is 0 Å². The van der Waals surface area contributed by atoms with Crippen LogP contribution in [0.5, 0.6) is 0 Å². The highest BCUT2D eigenvalue weighted by atomic mass is 16.6. The third-order valence-electron chi connectivity index (χ3n) is 3.38. The van der Waals surface area contributed by atoms with Crippen molar-refractivity contribution in [3.63, 3.8) is 0 Å². The molecule has 0 spiro atoms. The van der Waals surface area contributed by atoms with Gasteiger partial charge in [-0.15, -0.1) is 0 Å². The monoisotopic (exact) mass is 293 g/mol. The van der Waals surface area contributed by atoms with E-state index < -0.39 is 10.3 Å². The van der Waals surface area contributed by atoms with Crippen LogP contribution in [0.4, 0.5) is 5.69 Å². The van der Waals surface area contributed by atoms with Crippen LogP contribution in [0.25, 0.3) is 0 Å². The van der Waals surface area contributed by atoms with E-state index >= 15 is 0 Å². The van der Waals surface area contributed by atoms with Gasteiger partial charge in [-0.05, 0) is 32.4 Å². The Labute approximate surface area is 125 Å². The second kappa shape index (κ2) is 7.73. The van der Waals surface area contributed by atoms with Gasteiger partial charge in [0.1, 0.15) is 0 Å². The number of benzene rings is 1.